The third-order valence-corrected chi connectivity index (χ3v) is 1.18. The molecule has 0 aromatic rings. The van der Waals surface area contributed by atoms with Crippen LogP contribution in [0.2, 0.25) is 0 Å². The van der Waals surface area contributed by atoms with Crippen LogP contribution >= 0.6 is 0 Å². The topological polar surface area (TPSA) is 35.2 Å². The van der Waals surface area contributed by atoms with Crippen LogP contribution in [0, 0.1) is 0 Å². The minimum absolute atomic E-state index is 0.168. The predicted octanol–water partition coefficient (Wildman–Crippen LogP) is 0.636. The van der Waals surface area contributed by atoms with Gasteiger partial charge in [0.1, 0.15) is 6.23 Å². The van der Waals surface area contributed by atoms with Crippen LogP contribution in [0.5, 0.6) is 0 Å². The van der Waals surface area contributed by atoms with E-state index in [0.717, 1.165) is 6.42 Å². The van der Waals surface area contributed by atoms with Crippen molar-refractivity contribution in [2.45, 2.75) is 25.7 Å². The Morgan fingerprint density at radius 3 is 2.88 bits per heavy atom. The average molecular weight is 113 g/mol. The van der Waals surface area contributed by atoms with Crippen molar-refractivity contribution in [3.63, 3.8) is 0 Å². The normalized spacial score (nSPS) is 37.8. The standard InChI is InChI=1S/C6H11NO/c1-5-3-2-4-6(7)8-5/h2,4-6H,3,7H2,1H3. The Morgan fingerprint density at radius 2 is 2.50 bits per heavy atom. The van der Waals surface area contributed by atoms with Crippen LogP contribution in [0.15, 0.2) is 12.2 Å². The van der Waals surface area contributed by atoms with Gasteiger partial charge in [0.25, 0.3) is 0 Å². The molecule has 8 heavy (non-hydrogen) atoms. The Bertz CT molecular complexity index is 101. The van der Waals surface area contributed by atoms with Gasteiger partial charge in [-0.15, -0.1) is 0 Å². The van der Waals surface area contributed by atoms with E-state index in [2.05, 4.69) is 6.08 Å². The van der Waals surface area contributed by atoms with Gasteiger partial charge >= 0.3 is 0 Å². The number of hydrogen-bond acceptors (Lipinski definition) is 2. The van der Waals surface area contributed by atoms with Crippen molar-refractivity contribution >= 4 is 0 Å². The first-order valence-electron chi connectivity index (χ1n) is 2.87. The summed E-state index contributed by atoms with van der Waals surface area (Å²) in [4.78, 5) is 0. The summed E-state index contributed by atoms with van der Waals surface area (Å²) in [6.07, 6.45) is 5.06. The van der Waals surface area contributed by atoms with Gasteiger partial charge in [-0.2, -0.15) is 0 Å². The van der Waals surface area contributed by atoms with Gasteiger partial charge in [0, 0.05) is 0 Å². The molecule has 2 N–H and O–H groups in total. The predicted molar refractivity (Wildman–Crippen MR) is 32.3 cm³/mol. The molecule has 46 valence electrons. The minimum atomic E-state index is -0.168. The Balaban J connectivity index is 2.42. The summed E-state index contributed by atoms with van der Waals surface area (Å²) in [6.45, 7) is 2.02. The Kier molecular flexibility index (Phi) is 1.65. The lowest BCUT2D eigenvalue weighted by atomic mass is 10.2. The van der Waals surface area contributed by atoms with E-state index < -0.39 is 0 Å². The molecule has 2 unspecified atom stereocenters. The van der Waals surface area contributed by atoms with E-state index in [-0.39, 0.29) is 6.23 Å². The van der Waals surface area contributed by atoms with Crippen molar-refractivity contribution in [2.24, 2.45) is 5.73 Å². The molecule has 1 aliphatic heterocycles. The van der Waals surface area contributed by atoms with Gasteiger partial charge in [-0.05, 0) is 19.4 Å². The Hall–Kier alpha value is -0.340. The number of ether oxygens (including phenoxy) is 1. The fourth-order valence-electron chi connectivity index (χ4n) is 0.773. The highest BCUT2D eigenvalue weighted by Gasteiger charge is 2.08. The molecule has 0 saturated carbocycles. The van der Waals surface area contributed by atoms with Crippen LogP contribution < -0.4 is 5.73 Å². The third kappa shape index (κ3) is 1.32. The van der Waals surface area contributed by atoms with Crippen molar-refractivity contribution in [1.29, 1.82) is 0 Å². The number of rotatable bonds is 0. The van der Waals surface area contributed by atoms with E-state index in [9.17, 15) is 0 Å². The molecule has 1 heterocycles. The van der Waals surface area contributed by atoms with Crippen molar-refractivity contribution in [1.82, 2.24) is 0 Å². The highest BCUT2D eigenvalue weighted by atomic mass is 16.5. The zero-order valence-corrected chi connectivity index (χ0v) is 5.00. The van der Waals surface area contributed by atoms with Crippen LogP contribution in [-0.4, -0.2) is 12.3 Å². The van der Waals surface area contributed by atoms with E-state index in [1.165, 1.54) is 0 Å². The largest absolute Gasteiger partial charge is 0.357 e. The monoisotopic (exact) mass is 113 g/mol. The van der Waals surface area contributed by atoms with Gasteiger partial charge in [-0.3, -0.25) is 0 Å². The lowest BCUT2D eigenvalue weighted by Gasteiger charge is -2.18. The average Bonchev–Trinajstić information content (AvgIpc) is 1.64. The first kappa shape index (κ1) is 5.79. The highest BCUT2D eigenvalue weighted by molar-refractivity contribution is 4.92. The zero-order chi connectivity index (χ0) is 5.98. The van der Waals surface area contributed by atoms with Crippen molar-refractivity contribution in [3.05, 3.63) is 12.2 Å². The molecule has 0 aromatic heterocycles. The van der Waals surface area contributed by atoms with Gasteiger partial charge in [0.2, 0.25) is 0 Å². The summed E-state index contributed by atoms with van der Waals surface area (Å²) >= 11 is 0. The van der Waals surface area contributed by atoms with Crippen LogP contribution in [-0.2, 0) is 4.74 Å². The van der Waals surface area contributed by atoms with E-state index in [4.69, 9.17) is 10.5 Å². The van der Waals surface area contributed by atoms with Crippen LogP contribution in [0.1, 0.15) is 13.3 Å². The van der Waals surface area contributed by atoms with E-state index in [1.54, 1.807) is 0 Å². The highest BCUT2D eigenvalue weighted by Crippen LogP contribution is 2.06. The van der Waals surface area contributed by atoms with Crippen molar-refractivity contribution in [3.8, 4) is 0 Å². The third-order valence-electron chi connectivity index (χ3n) is 1.18. The number of nitrogens with two attached hydrogens (primary N) is 1. The summed E-state index contributed by atoms with van der Waals surface area (Å²) < 4.78 is 5.18. The van der Waals surface area contributed by atoms with Gasteiger partial charge < -0.3 is 10.5 Å². The second-order valence-corrected chi connectivity index (χ2v) is 2.08. The molecule has 1 aliphatic rings. The molecular formula is C6H11NO. The summed E-state index contributed by atoms with van der Waals surface area (Å²) in [7, 11) is 0. The van der Waals surface area contributed by atoms with E-state index in [1.807, 2.05) is 13.0 Å². The first-order chi connectivity index (χ1) is 3.79. The Labute approximate surface area is 49.3 Å². The maximum atomic E-state index is 5.42. The molecule has 0 aliphatic carbocycles. The van der Waals surface area contributed by atoms with Crippen molar-refractivity contribution < 1.29 is 4.74 Å². The van der Waals surface area contributed by atoms with Crippen LogP contribution in [0.4, 0.5) is 0 Å². The maximum Gasteiger partial charge on any atom is 0.125 e. The van der Waals surface area contributed by atoms with E-state index in [0.29, 0.717) is 6.10 Å². The van der Waals surface area contributed by atoms with Crippen molar-refractivity contribution in [2.75, 3.05) is 0 Å². The molecule has 0 bridgehead atoms. The fraction of sp³-hybridized carbons (Fsp3) is 0.667. The lowest BCUT2D eigenvalue weighted by Crippen LogP contribution is -2.28. The minimum Gasteiger partial charge on any atom is -0.357 e. The molecule has 2 atom stereocenters. The molecular weight excluding hydrogens is 102 g/mol. The van der Waals surface area contributed by atoms with E-state index >= 15 is 0 Å². The quantitative estimate of drug-likeness (QED) is 0.468. The second kappa shape index (κ2) is 2.29. The maximum absolute atomic E-state index is 5.42. The molecule has 0 saturated heterocycles. The fourth-order valence-corrected chi connectivity index (χ4v) is 0.773. The molecule has 1 rings (SSSR count). The molecule has 2 heteroatoms. The summed E-state index contributed by atoms with van der Waals surface area (Å²) in [5.41, 5.74) is 5.42. The molecule has 0 amide bonds. The molecule has 2 nitrogen and oxygen atoms in total. The smallest absolute Gasteiger partial charge is 0.125 e. The molecule has 0 fully saturated rings. The van der Waals surface area contributed by atoms with Gasteiger partial charge in [0.15, 0.2) is 0 Å². The SMILES string of the molecule is CC1CC=CC(N)O1. The summed E-state index contributed by atoms with van der Waals surface area (Å²) in [5, 5.41) is 0. The van der Waals surface area contributed by atoms with Crippen LogP contribution in [0.3, 0.4) is 0 Å². The Morgan fingerprint density at radius 1 is 1.75 bits per heavy atom. The van der Waals surface area contributed by atoms with Crippen LogP contribution in [0.25, 0.3) is 0 Å². The molecule has 0 spiro atoms. The lowest BCUT2D eigenvalue weighted by molar-refractivity contribution is 0.0212. The van der Waals surface area contributed by atoms with Gasteiger partial charge in [0.05, 0.1) is 6.10 Å². The summed E-state index contributed by atoms with van der Waals surface area (Å²) in [5.74, 6) is 0. The zero-order valence-electron chi connectivity index (χ0n) is 5.00. The molecule has 0 aromatic carbocycles. The number of hydrogen-bond donors (Lipinski definition) is 1. The summed E-state index contributed by atoms with van der Waals surface area (Å²) in [6, 6.07) is 0. The van der Waals surface area contributed by atoms with Gasteiger partial charge in [-0.1, -0.05) is 6.08 Å². The second-order valence-electron chi connectivity index (χ2n) is 2.08. The molecule has 0 radical (unpaired) electrons. The first-order valence-corrected chi connectivity index (χ1v) is 2.87. The van der Waals surface area contributed by atoms with Gasteiger partial charge in [-0.25, -0.2) is 0 Å².